The number of nitrogens with zero attached hydrogens (tertiary/aromatic N) is 1. The molecular formula is C16H27NO2. The number of rotatable bonds is 2. The van der Waals surface area contributed by atoms with Gasteiger partial charge >= 0.3 is 5.97 Å². The van der Waals surface area contributed by atoms with Crippen LogP contribution in [0.3, 0.4) is 0 Å². The van der Waals surface area contributed by atoms with Crippen molar-refractivity contribution in [3.63, 3.8) is 0 Å². The number of piperidine rings is 2. The van der Waals surface area contributed by atoms with E-state index in [9.17, 15) is 9.90 Å². The highest BCUT2D eigenvalue weighted by Gasteiger charge is 2.40. The maximum Gasteiger partial charge on any atom is 0.320 e. The molecule has 3 nitrogen and oxygen atoms in total. The van der Waals surface area contributed by atoms with Gasteiger partial charge in [-0.05, 0) is 43.9 Å². The lowest BCUT2D eigenvalue weighted by molar-refractivity contribution is -0.148. The van der Waals surface area contributed by atoms with Crippen LogP contribution >= 0.6 is 0 Å². The molecule has 3 unspecified atom stereocenters. The molecule has 1 saturated carbocycles. The first kappa shape index (κ1) is 13.4. The summed E-state index contributed by atoms with van der Waals surface area (Å²) in [6, 6.07) is 0.375. The Morgan fingerprint density at radius 2 is 1.63 bits per heavy atom. The van der Waals surface area contributed by atoms with Crippen LogP contribution in [0.4, 0.5) is 0 Å². The van der Waals surface area contributed by atoms with Gasteiger partial charge in [0.05, 0.1) is 0 Å². The van der Waals surface area contributed by atoms with Gasteiger partial charge in [0, 0.05) is 12.6 Å². The van der Waals surface area contributed by atoms with Crippen LogP contribution in [0.25, 0.3) is 0 Å². The highest BCUT2D eigenvalue weighted by Crippen LogP contribution is 2.39. The van der Waals surface area contributed by atoms with Gasteiger partial charge in [0.25, 0.3) is 0 Å². The summed E-state index contributed by atoms with van der Waals surface area (Å²) in [4.78, 5) is 13.8. The first-order valence-corrected chi connectivity index (χ1v) is 8.24. The van der Waals surface area contributed by atoms with E-state index in [0.717, 1.165) is 31.2 Å². The molecule has 0 aromatic rings. The Morgan fingerprint density at radius 1 is 0.842 bits per heavy atom. The standard InChI is InChI=1S/C16H27NO2/c18-16(19)15-8-4-7-14-10-9-13(11-17(14)15)12-5-2-1-3-6-12/h12-15H,1-11H2,(H,18,19). The third kappa shape index (κ3) is 2.81. The van der Waals surface area contributed by atoms with Crippen LogP contribution in [0.1, 0.15) is 64.2 Å². The van der Waals surface area contributed by atoms with Crippen LogP contribution in [0.15, 0.2) is 0 Å². The highest BCUT2D eigenvalue weighted by molar-refractivity contribution is 5.73. The van der Waals surface area contributed by atoms with Crippen molar-refractivity contribution in [2.45, 2.75) is 76.3 Å². The molecule has 3 fully saturated rings. The first-order chi connectivity index (χ1) is 9.25. The number of carbonyl (C=O) groups is 1. The number of carboxylic acids is 1. The summed E-state index contributed by atoms with van der Waals surface area (Å²) in [5.41, 5.74) is 0. The number of fused-ring (bicyclic) bond motifs is 1. The minimum Gasteiger partial charge on any atom is -0.480 e. The summed E-state index contributed by atoms with van der Waals surface area (Å²) in [6.07, 6.45) is 12.8. The van der Waals surface area contributed by atoms with Crippen LogP contribution in [0.5, 0.6) is 0 Å². The van der Waals surface area contributed by atoms with Crippen molar-refractivity contribution >= 4 is 5.97 Å². The lowest BCUT2D eigenvalue weighted by atomic mass is 9.74. The van der Waals surface area contributed by atoms with Crippen molar-refractivity contribution in [2.75, 3.05) is 6.54 Å². The summed E-state index contributed by atoms with van der Waals surface area (Å²) in [5.74, 6) is 1.07. The van der Waals surface area contributed by atoms with Crippen LogP contribution in [-0.2, 0) is 4.79 Å². The van der Waals surface area contributed by atoms with Gasteiger partial charge in [0.15, 0.2) is 0 Å². The summed E-state index contributed by atoms with van der Waals surface area (Å²) < 4.78 is 0. The Morgan fingerprint density at radius 3 is 2.37 bits per heavy atom. The van der Waals surface area contributed by atoms with E-state index in [0.29, 0.717) is 6.04 Å². The van der Waals surface area contributed by atoms with Gasteiger partial charge in [0.1, 0.15) is 6.04 Å². The van der Waals surface area contributed by atoms with Crippen molar-refractivity contribution in [1.29, 1.82) is 0 Å². The van der Waals surface area contributed by atoms with E-state index in [2.05, 4.69) is 4.90 Å². The fraction of sp³-hybridized carbons (Fsp3) is 0.938. The molecule has 3 rings (SSSR count). The normalized spacial score (nSPS) is 37.8. The summed E-state index contributed by atoms with van der Waals surface area (Å²) in [7, 11) is 0. The zero-order chi connectivity index (χ0) is 13.2. The summed E-state index contributed by atoms with van der Waals surface area (Å²) in [5, 5.41) is 9.43. The van der Waals surface area contributed by atoms with Crippen LogP contribution in [0, 0.1) is 11.8 Å². The average Bonchev–Trinajstić information content (AvgIpc) is 2.47. The molecule has 2 saturated heterocycles. The smallest absolute Gasteiger partial charge is 0.320 e. The number of hydrogen-bond acceptors (Lipinski definition) is 2. The fourth-order valence-electron chi connectivity index (χ4n) is 4.74. The SMILES string of the molecule is O=C(O)C1CCCC2CCC(C3CCCCC3)CN21. The molecule has 1 N–H and O–H groups in total. The van der Waals surface area contributed by atoms with E-state index in [-0.39, 0.29) is 6.04 Å². The van der Waals surface area contributed by atoms with Gasteiger partial charge in [-0.1, -0.05) is 32.1 Å². The lowest BCUT2D eigenvalue weighted by Gasteiger charge is -2.48. The monoisotopic (exact) mass is 265 g/mol. The maximum atomic E-state index is 11.5. The van der Waals surface area contributed by atoms with Crippen molar-refractivity contribution < 1.29 is 9.90 Å². The number of aliphatic carboxylic acids is 1. The van der Waals surface area contributed by atoms with Gasteiger partial charge in [-0.3, -0.25) is 9.69 Å². The second kappa shape index (κ2) is 5.82. The molecule has 3 heteroatoms. The summed E-state index contributed by atoms with van der Waals surface area (Å²) in [6.45, 7) is 1.06. The van der Waals surface area contributed by atoms with Gasteiger partial charge in [-0.15, -0.1) is 0 Å². The third-order valence-electron chi connectivity index (χ3n) is 5.80. The number of carboxylic acid groups (broad SMARTS) is 1. The van der Waals surface area contributed by atoms with Gasteiger partial charge in [-0.2, -0.15) is 0 Å². The van der Waals surface area contributed by atoms with Crippen molar-refractivity contribution in [3.8, 4) is 0 Å². The van der Waals surface area contributed by atoms with Crippen molar-refractivity contribution in [2.24, 2.45) is 11.8 Å². The van der Waals surface area contributed by atoms with Crippen LogP contribution in [-0.4, -0.2) is 34.6 Å². The third-order valence-corrected chi connectivity index (χ3v) is 5.80. The molecule has 3 atom stereocenters. The Balaban J connectivity index is 1.66. The largest absolute Gasteiger partial charge is 0.480 e. The zero-order valence-corrected chi connectivity index (χ0v) is 11.9. The van der Waals surface area contributed by atoms with Crippen LogP contribution in [0.2, 0.25) is 0 Å². The van der Waals surface area contributed by atoms with Crippen LogP contribution < -0.4 is 0 Å². The molecule has 2 aliphatic heterocycles. The molecule has 0 aromatic carbocycles. The molecule has 0 aromatic heterocycles. The van der Waals surface area contributed by atoms with Gasteiger partial charge < -0.3 is 5.11 Å². The van der Waals surface area contributed by atoms with E-state index >= 15 is 0 Å². The molecule has 108 valence electrons. The topological polar surface area (TPSA) is 40.5 Å². The van der Waals surface area contributed by atoms with E-state index in [1.807, 2.05) is 0 Å². The Labute approximate surface area is 116 Å². The minimum absolute atomic E-state index is 0.190. The molecule has 3 aliphatic rings. The zero-order valence-electron chi connectivity index (χ0n) is 11.9. The average molecular weight is 265 g/mol. The van der Waals surface area contributed by atoms with Gasteiger partial charge in [-0.25, -0.2) is 0 Å². The Bertz CT molecular complexity index is 325. The second-order valence-electron chi connectivity index (χ2n) is 6.87. The van der Waals surface area contributed by atoms with Crippen molar-refractivity contribution in [3.05, 3.63) is 0 Å². The predicted molar refractivity (Wildman–Crippen MR) is 75.1 cm³/mol. The molecular weight excluding hydrogens is 238 g/mol. The molecule has 0 amide bonds. The molecule has 19 heavy (non-hydrogen) atoms. The lowest BCUT2D eigenvalue weighted by Crippen LogP contribution is -2.55. The van der Waals surface area contributed by atoms with E-state index in [1.54, 1.807) is 0 Å². The predicted octanol–water partition coefficient (Wildman–Crippen LogP) is 3.28. The van der Waals surface area contributed by atoms with Crippen molar-refractivity contribution in [1.82, 2.24) is 4.90 Å². The summed E-state index contributed by atoms with van der Waals surface area (Å²) >= 11 is 0. The quantitative estimate of drug-likeness (QED) is 0.833. The molecule has 0 spiro atoms. The molecule has 0 radical (unpaired) electrons. The highest BCUT2D eigenvalue weighted by atomic mass is 16.4. The van der Waals surface area contributed by atoms with Gasteiger partial charge in [0.2, 0.25) is 0 Å². The van der Waals surface area contributed by atoms with E-state index < -0.39 is 5.97 Å². The second-order valence-corrected chi connectivity index (χ2v) is 6.87. The molecule has 0 bridgehead atoms. The fourth-order valence-corrected chi connectivity index (χ4v) is 4.74. The first-order valence-electron chi connectivity index (χ1n) is 8.24. The maximum absolute atomic E-state index is 11.5. The number of hydrogen-bond donors (Lipinski definition) is 1. The Hall–Kier alpha value is -0.570. The molecule has 2 heterocycles. The molecule has 1 aliphatic carbocycles. The van der Waals surface area contributed by atoms with E-state index in [4.69, 9.17) is 0 Å². The minimum atomic E-state index is -0.589. The Kier molecular flexibility index (Phi) is 4.11. The van der Waals surface area contributed by atoms with E-state index in [1.165, 1.54) is 51.4 Å².